The predicted molar refractivity (Wildman–Crippen MR) is 58.3 cm³/mol. The Hall–Kier alpha value is -1.98. The van der Waals surface area contributed by atoms with Crippen LogP contribution >= 0.6 is 0 Å². The molecule has 0 aliphatic rings. The maximum absolute atomic E-state index is 13.8. The van der Waals surface area contributed by atoms with E-state index in [0.29, 0.717) is 0 Å². The van der Waals surface area contributed by atoms with Crippen molar-refractivity contribution < 1.29 is 27.8 Å². The van der Waals surface area contributed by atoms with Crippen LogP contribution in [0.5, 0.6) is 0 Å². The molecule has 6 heteroatoms. The average Bonchev–Trinajstić information content (AvgIpc) is 2.38. The molecule has 0 bridgehead atoms. The zero-order chi connectivity index (χ0) is 13.8. The van der Waals surface area contributed by atoms with Crippen molar-refractivity contribution in [2.24, 2.45) is 0 Å². The van der Waals surface area contributed by atoms with Crippen LogP contribution in [0.2, 0.25) is 0 Å². The average molecular weight is 258 g/mol. The smallest absolute Gasteiger partial charge is 0.382 e. The zero-order valence-corrected chi connectivity index (χ0v) is 9.91. The van der Waals surface area contributed by atoms with Gasteiger partial charge in [0.25, 0.3) is 0 Å². The molecule has 1 aromatic rings. The second-order valence-corrected chi connectivity index (χ2v) is 3.33. The summed E-state index contributed by atoms with van der Waals surface area (Å²) in [4.78, 5) is 22.6. The first-order valence-electron chi connectivity index (χ1n) is 5.18. The Kier molecular flexibility index (Phi) is 4.36. The number of carbonyl (C=O) groups is 2. The fourth-order valence-electron chi connectivity index (χ4n) is 1.38. The van der Waals surface area contributed by atoms with E-state index >= 15 is 0 Å². The van der Waals surface area contributed by atoms with Crippen molar-refractivity contribution in [3.8, 4) is 0 Å². The van der Waals surface area contributed by atoms with Crippen LogP contribution in [0.1, 0.15) is 22.8 Å². The number of carbonyl (C=O) groups excluding carboxylic acids is 2. The molecule has 0 unspecified atom stereocenters. The molecule has 0 atom stereocenters. The maximum Gasteiger partial charge on any atom is 0.382 e. The van der Waals surface area contributed by atoms with Gasteiger partial charge >= 0.3 is 17.9 Å². The van der Waals surface area contributed by atoms with E-state index in [2.05, 4.69) is 9.47 Å². The Morgan fingerprint density at radius 3 is 2.44 bits per heavy atom. The van der Waals surface area contributed by atoms with Gasteiger partial charge in [-0.3, -0.25) is 0 Å². The van der Waals surface area contributed by atoms with E-state index in [1.165, 1.54) is 19.1 Å². The van der Waals surface area contributed by atoms with E-state index in [1.807, 2.05) is 0 Å². The van der Waals surface area contributed by atoms with Gasteiger partial charge in [0.1, 0.15) is 0 Å². The fourth-order valence-corrected chi connectivity index (χ4v) is 1.38. The molecular formula is C12H12F2O4. The van der Waals surface area contributed by atoms with Crippen LogP contribution in [0.25, 0.3) is 0 Å². The minimum Gasteiger partial charge on any atom is -0.465 e. The van der Waals surface area contributed by atoms with Gasteiger partial charge in [-0.25, -0.2) is 9.59 Å². The SMILES string of the molecule is CCOC(=O)C(F)(F)c1ccccc1C(=O)OC. The first kappa shape index (κ1) is 14.1. The van der Waals surface area contributed by atoms with Crippen molar-refractivity contribution in [3.05, 3.63) is 35.4 Å². The van der Waals surface area contributed by atoms with Gasteiger partial charge in [-0.1, -0.05) is 18.2 Å². The van der Waals surface area contributed by atoms with Crippen LogP contribution in [0.4, 0.5) is 8.78 Å². The fraction of sp³-hybridized carbons (Fsp3) is 0.333. The Morgan fingerprint density at radius 1 is 1.28 bits per heavy atom. The molecule has 0 aliphatic heterocycles. The van der Waals surface area contributed by atoms with Gasteiger partial charge in [0.05, 0.1) is 19.3 Å². The van der Waals surface area contributed by atoms with Crippen LogP contribution in [0.15, 0.2) is 24.3 Å². The first-order chi connectivity index (χ1) is 8.45. The number of ether oxygens (including phenoxy) is 2. The molecule has 0 N–H and O–H groups in total. The molecule has 0 amide bonds. The normalized spacial score (nSPS) is 10.9. The molecule has 0 aliphatic carbocycles. The zero-order valence-electron chi connectivity index (χ0n) is 9.91. The van der Waals surface area contributed by atoms with E-state index in [-0.39, 0.29) is 12.2 Å². The molecule has 0 fully saturated rings. The van der Waals surface area contributed by atoms with E-state index in [0.717, 1.165) is 19.2 Å². The summed E-state index contributed by atoms with van der Waals surface area (Å²) in [5.74, 6) is -6.52. The highest BCUT2D eigenvalue weighted by molar-refractivity contribution is 5.93. The van der Waals surface area contributed by atoms with Crippen molar-refractivity contribution in [1.29, 1.82) is 0 Å². The quantitative estimate of drug-likeness (QED) is 0.776. The highest BCUT2D eigenvalue weighted by Crippen LogP contribution is 2.32. The summed E-state index contributed by atoms with van der Waals surface area (Å²) in [5.41, 5.74) is -1.09. The van der Waals surface area contributed by atoms with Crippen LogP contribution in [0.3, 0.4) is 0 Å². The van der Waals surface area contributed by atoms with Gasteiger partial charge in [-0.2, -0.15) is 8.78 Å². The summed E-state index contributed by atoms with van der Waals surface area (Å²) >= 11 is 0. The predicted octanol–water partition coefficient (Wildman–Crippen LogP) is 2.13. The molecule has 98 valence electrons. The summed E-state index contributed by atoms with van der Waals surface area (Å²) < 4.78 is 36.3. The standard InChI is InChI=1S/C12H12F2O4/c1-3-18-11(16)12(13,14)9-7-5-4-6-8(9)10(15)17-2/h4-7H,3H2,1-2H3. The van der Waals surface area contributed by atoms with Crippen molar-refractivity contribution in [2.75, 3.05) is 13.7 Å². The van der Waals surface area contributed by atoms with Crippen molar-refractivity contribution in [1.82, 2.24) is 0 Å². The monoisotopic (exact) mass is 258 g/mol. The van der Waals surface area contributed by atoms with E-state index < -0.39 is 23.4 Å². The summed E-state index contributed by atoms with van der Waals surface area (Å²) in [7, 11) is 1.07. The molecule has 4 nitrogen and oxygen atoms in total. The Bertz CT molecular complexity index is 457. The molecule has 0 spiro atoms. The number of halogens is 2. The summed E-state index contributed by atoms with van der Waals surface area (Å²) in [6, 6.07) is 4.85. The number of esters is 2. The number of methoxy groups -OCH3 is 1. The lowest BCUT2D eigenvalue weighted by Crippen LogP contribution is -2.30. The van der Waals surface area contributed by atoms with E-state index in [1.54, 1.807) is 0 Å². The molecular weight excluding hydrogens is 246 g/mol. The van der Waals surface area contributed by atoms with Gasteiger partial charge in [0.2, 0.25) is 0 Å². The first-order valence-corrected chi connectivity index (χ1v) is 5.18. The number of alkyl halides is 2. The number of hydrogen-bond acceptors (Lipinski definition) is 4. The minimum absolute atomic E-state index is 0.172. The number of rotatable bonds is 4. The Morgan fingerprint density at radius 2 is 1.89 bits per heavy atom. The third-order valence-electron chi connectivity index (χ3n) is 2.20. The minimum atomic E-state index is -3.89. The van der Waals surface area contributed by atoms with Crippen LogP contribution in [-0.4, -0.2) is 25.7 Å². The molecule has 0 saturated heterocycles. The topological polar surface area (TPSA) is 52.6 Å². The third kappa shape index (κ3) is 2.64. The lowest BCUT2D eigenvalue weighted by Gasteiger charge is -2.17. The lowest BCUT2D eigenvalue weighted by atomic mass is 10.0. The van der Waals surface area contributed by atoms with Crippen molar-refractivity contribution >= 4 is 11.9 Å². The highest BCUT2D eigenvalue weighted by atomic mass is 19.3. The van der Waals surface area contributed by atoms with Gasteiger partial charge in [-0.15, -0.1) is 0 Å². The molecule has 0 aromatic heterocycles. The van der Waals surface area contributed by atoms with Crippen LogP contribution < -0.4 is 0 Å². The Balaban J connectivity index is 3.23. The van der Waals surface area contributed by atoms with Gasteiger partial charge in [0.15, 0.2) is 0 Å². The van der Waals surface area contributed by atoms with Crippen molar-refractivity contribution in [3.63, 3.8) is 0 Å². The maximum atomic E-state index is 13.8. The molecule has 18 heavy (non-hydrogen) atoms. The molecule has 1 aromatic carbocycles. The second kappa shape index (κ2) is 5.57. The summed E-state index contributed by atoms with van der Waals surface area (Å²) in [5, 5.41) is 0. The molecule has 0 saturated carbocycles. The third-order valence-corrected chi connectivity index (χ3v) is 2.20. The van der Waals surface area contributed by atoms with Gasteiger partial charge < -0.3 is 9.47 Å². The Labute approximate surface area is 103 Å². The van der Waals surface area contributed by atoms with Crippen LogP contribution in [-0.2, 0) is 20.2 Å². The lowest BCUT2D eigenvalue weighted by molar-refractivity contribution is -0.173. The number of benzene rings is 1. The van der Waals surface area contributed by atoms with Crippen molar-refractivity contribution in [2.45, 2.75) is 12.8 Å². The molecule has 1 rings (SSSR count). The highest BCUT2D eigenvalue weighted by Gasteiger charge is 2.45. The number of hydrogen-bond donors (Lipinski definition) is 0. The summed E-state index contributed by atoms with van der Waals surface area (Å²) in [6.07, 6.45) is 0. The second-order valence-electron chi connectivity index (χ2n) is 3.33. The van der Waals surface area contributed by atoms with Gasteiger partial charge in [0, 0.05) is 5.56 Å². The molecule has 0 heterocycles. The molecule has 0 radical (unpaired) electrons. The van der Waals surface area contributed by atoms with E-state index in [9.17, 15) is 18.4 Å². The van der Waals surface area contributed by atoms with Gasteiger partial charge in [-0.05, 0) is 13.0 Å². The largest absolute Gasteiger partial charge is 0.465 e. The summed E-state index contributed by atoms with van der Waals surface area (Å²) in [6.45, 7) is 1.25. The van der Waals surface area contributed by atoms with Crippen LogP contribution in [0, 0.1) is 0 Å². The van der Waals surface area contributed by atoms with E-state index in [4.69, 9.17) is 0 Å².